The quantitative estimate of drug-likeness (QED) is 0.398. The number of hydrogen-bond donors (Lipinski definition) is 1. The number of rotatable bonds is 7. The average molecular weight is 211 g/mol. The van der Waals surface area contributed by atoms with Crippen molar-refractivity contribution in [3.63, 3.8) is 0 Å². The highest BCUT2D eigenvalue weighted by Gasteiger charge is 2.02. The summed E-state index contributed by atoms with van der Waals surface area (Å²) in [6.45, 7) is 5.36. The maximum Gasteiger partial charge on any atom is 0.331 e. The van der Waals surface area contributed by atoms with E-state index in [1.165, 1.54) is 12.3 Å². The van der Waals surface area contributed by atoms with Gasteiger partial charge in [0, 0.05) is 25.3 Å². The number of hydrogen-bond acceptors (Lipinski definition) is 3. The van der Waals surface area contributed by atoms with Crippen molar-refractivity contribution in [2.45, 2.75) is 26.0 Å². The molecule has 0 aliphatic heterocycles. The van der Waals surface area contributed by atoms with Crippen LogP contribution in [0.4, 0.5) is 0 Å². The number of carboxylic acids is 1. The number of methoxy groups -OCH3 is 1. The van der Waals surface area contributed by atoms with Gasteiger partial charge in [0.2, 0.25) is 0 Å². The summed E-state index contributed by atoms with van der Waals surface area (Å²) in [5.41, 5.74) is 0.326. The Labute approximate surface area is 90.0 Å². The lowest BCUT2D eigenvalue weighted by atomic mass is 10.2. The Kier molecular flexibility index (Phi) is 7.18. The second kappa shape index (κ2) is 7.94. The van der Waals surface area contributed by atoms with E-state index >= 15 is 0 Å². The van der Waals surface area contributed by atoms with Crippen LogP contribution in [0.3, 0.4) is 0 Å². The molecule has 0 fully saturated rings. The van der Waals surface area contributed by atoms with Gasteiger partial charge < -0.3 is 9.84 Å². The molecule has 4 heteroatoms. The third kappa shape index (κ3) is 5.80. The van der Waals surface area contributed by atoms with Crippen molar-refractivity contribution in [1.82, 2.24) is 0 Å². The Morgan fingerprint density at radius 1 is 1.67 bits per heavy atom. The van der Waals surface area contributed by atoms with Gasteiger partial charge in [-0.2, -0.15) is 0 Å². The average Bonchev–Trinajstić information content (AvgIpc) is 2.22. The highest BCUT2D eigenvalue weighted by molar-refractivity contribution is 5.91. The molecule has 0 bridgehead atoms. The molecule has 0 aliphatic carbocycles. The van der Waals surface area contributed by atoms with Gasteiger partial charge in [0.05, 0.1) is 0 Å². The maximum absolute atomic E-state index is 10.6. The van der Waals surface area contributed by atoms with Gasteiger partial charge in [-0.1, -0.05) is 13.0 Å². The predicted octanol–water partition coefficient (Wildman–Crippen LogP) is 2.03. The van der Waals surface area contributed by atoms with Crippen molar-refractivity contribution in [3.8, 4) is 0 Å². The fourth-order valence-electron chi connectivity index (χ4n) is 0.930. The summed E-state index contributed by atoms with van der Waals surface area (Å²) < 4.78 is 5.02. The molecule has 1 atom stereocenters. The molecule has 0 aromatic carbocycles. The van der Waals surface area contributed by atoms with Crippen LogP contribution in [0.15, 0.2) is 29.3 Å². The molecular formula is C11H17NO3. The summed E-state index contributed by atoms with van der Waals surface area (Å²) in [4.78, 5) is 14.7. The molecule has 0 aliphatic rings. The van der Waals surface area contributed by atoms with E-state index in [9.17, 15) is 4.79 Å². The van der Waals surface area contributed by atoms with Crippen LogP contribution >= 0.6 is 0 Å². The number of allylic oxidation sites excluding steroid dienone is 1. The van der Waals surface area contributed by atoms with Crippen molar-refractivity contribution in [3.05, 3.63) is 24.3 Å². The summed E-state index contributed by atoms with van der Waals surface area (Å²) in [5, 5.41) is 8.72. The van der Waals surface area contributed by atoms with Crippen molar-refractivity contribution in [2.75, 3.05) is 7.11 Å². The van der Waals surface area contributed by atoms with Crippen LogP contribution in [-0.4, -0.2) is 30.6 Å². The Hall–Kier alpha value is -1.42. The Balaban J connectivity index is 4.36. The monoisotopic (exact) mass is 211 g/mol. The van der Waals surface area contributed by atoms with Gasteiger partial charge in [0.1, 0.15) is 0 Å². The molecule has 0 amide bonds. The molecule has 0 heterocycles. The highest BCUT2D eigenvalue weighted by Crippen LogP contribution is 2.01. The smallest absolute Gasteiger partial charge is 0.331 e. The Morgan fingerprint density at radius 3 is 2.73 bits per heavy atom. The van der Waals surface area contributed by atoms with E-state index in [1.54, 1.807) is 20.1 Å². The number of carboxylic acid groups (broad SMARTS) is 1. The van der Waals surface area contributed by atoms with Gasteiger partial charge in [0.25, 0.3) is 0 Å². The SMILES string of the molecule is C=CCC(N=C/C=C(\CC)C(=O)O)OC. The van der Waals surface area contributed by atoms with Gasteiger partial charge in [-0.25, -0.2) is 4.79 Å². The van der Waals surface area contributed by atoms with E-state index < -0.39 is 5.97 Å². The lowest BCUT2D eigenvalue weighted by Gasteiger charge is -2.05. The van der Waals surface area contributed by atoms with Crippen LogP contribution in [0.5, 0.6) is 0 Å². The summed E-state index contributed by atoms with van der Waals surface area (Å²) in [6.07, 6.45) is 5.44. The number of carbonyl (C=O) groups is 1. The Morgan fingerprint density at radius 2 is 2.33 bits per heavy atom. The van der Waals surface area contributed by atoms with Crippen molar-refractivity contribution in [2.24, 2.45) is 4.99 Å². The topological polar surface area (TPSA) is 58.9 Å². The predicted molar refractivity (Wildman–Crippen MR) is 60.1 cm³/mol. The number of ether oxygens (including phenoxy) is 1. The molecule has 0 radical (unpaired) electrons. The molecular weight excluding hydrogens is 194 g/mol. The summed E-state index contributed by atoms with van der Waals surface area (Å²) >= 11 is 0. The number of aliphatic carboxylic acids is 1. The second-order valence-corrected chi connectivity index (χ2v) is 2.86. The minimum atomic E-state index is -0.915. The molecule has 0 saturated carbocycles. The van der Waals surface area contributed by atoms with E-state index in [1.807, 2.05) is 0 Å². The second-order valence-electron chi connectivity index (χ2n) is 2.86. The van der Waals surface area contributed by atoms with Crippen LogP contribution in [-0.2, 0) is 9.53 Å². The molecule has 15 heavy (non-hydrogen) atoms. The minimum Gasteiger partial charge on any atom is -0.478 e. The first-order valence-corrected chi connectivity index (χ1v) is 4.75. The number of nitrogens with zero attached hydrogens (tertiary/aromatic N) is 1. The molecule has 84 valence electrons. The fraction of sp³-hybridized carbons (Fsp3) is 0.455. The zero-order valence-electron chi connectivity index (χ0n) is 9.14. The molecule has 0 aromatic heterocycles. The van der Waals surface area contributed by atoms with Crippen molar-refractivity contribution >= 4 is 12.2 Å². The number of aliphatic imine (C=N–C) groups is 1. The van der Waals surface area contributed by atoms with Crippen LogP contribution in [0.1, 0.15) is 19.8 Å². The molecule has 1 N–H and O–H groups in total. The first-order valence-electron chi connectivity index (χ1n) is 4.75. The van der Waals surface area contributed by atoms with E-state index in [0.717, 1.165) is 0 Å². The highest BCUT2D eigenvalue weighted by atomic mass is 16.5. The minimum absolute atomic E-state index is 0.286. The third-order valence-corrected chi connectivity index (χ3v) is 1.82. The van der Waals surface area contributed by atoms with E-state index in [4.69, 9.17) is 9.84 Å². The van der Waals surface area contributed by atoms with Crippen molar-refractivity contribution in [1.29, 1.82) is 0 Å². The Bertz CT molecular complexity index is 269. The van der Waals surface area contributed by atoms with Crippen LogP contribution < -0.4 is 0 Å². The molecule has 0 rings (SSSR count). The van der Waals surface area contributed by atoms with Crippen LogP contribution in [0.2, 0.25) is 0 Å². The standard InChI is InChI=1S/C11H17NO3/c1-4-6-10(15-3)12-8-7-9(5-2)11(13)14/h4,7-8,10H,1,5-6H2,2-3H3,(H,13,14)/b9-7+,12-8?. The maximum atomic E-state index is 10.6. The normalized spacial score (nSPS) is 14.1. The lowest BCUT2D eigenvalue weighted by molar-refractivity contribution is -0.132. The van der Waals surface area contributed by atoms with Crippen LogP contribution in [0, 0.1) is 0 Å². The van der Waals surface area contributed by atoms with Gasteiger partial charge in [-0.3, -0.25) is 4.99 Å². The summed E-state index contributed by atoms with van der Waals surface area (Å²) in [5.74, 6) is -0.915. The van der Waals surface area contributed by atoms with E-state index in [-0.39, 0.29) is 6.23 Å². The fourth-order valence-corrected chi connectivity index (χ4v) is 0.930. The van der Waals surface area contributed by atoms with E-state index in [0.29, 0.717) is 18.4 Å². The zero-order valence-corrected chi connectivity index (χ0v) is 9.14. The molecule has 0 spiro atoms. The summed E-state index contributed by atoms with van der Waals surface area (Å²) in [6, 6.07) is 0. The van der Waals surface area contributed by atoms with Gasteiger partial charge >= 0.3 is 5.97 Å². The largest absolute Gasteiger partial charge is 0.478 e. The first kappa shape index (κ1) is 13.6. The molecule has 0 aromatic rings. The molecule has 0 saturated heterocycles. The third-order valence-electron chi connectivity index (χ3n) is 1.82. The zero-order chi connectivity index (χ0) is 11.7. The van der Waals surface area contributed by atoms with Gasteiger partial charge in [-0.15, -0.1) is 6.58 Å². The van der Waals surface area contributed by atoms with Crippen molar-refractivity contribution < 1.29 is 14.6 Å². The first-order chi connectivity index (χ1) is 7.15. The summed E-state index contributed by atoms with van der Waals surface area (Å²) in [7, 11) is 1.55. The van der Waals surface area contributed by atoms with Gasteiger partial charge in [-0.05, 0) is 12.5 Å². The lowest BCUT2D eigenvalue weighted by Crippen LogP contribution is -2.05. The van der Waals surface area contributed by atoms with Gasteiger partial charge in [0.15, 0.2) is 6.23 Å². The van der Waals surface area contributed by atoms with E-state index in [2.05, 4.69) is 11.6 Å². The van der Waals surface area contributed by atoms with Crippen LogP contribution in [0.25, 0.3) is 0 Å². The molecule has 4 nitrogen and oxygen atoms in total. The molecule has 1 unspecified atom stereocenters.